The minimum absolute atomic E-state index is 0. The van der Waals surface area contributed by atoms with E-state index in [-0.39, 0.29) is 20.1 Å². The number of hydrogen-bond donors (Lipinski definition) is 2. The van der Waals surface area contributed by atoms with Gasteiger partial charge >= 0.3 is 0 Å². The maximum atomic E-state index is 9.51. The third kappa shape index (κ3) is 12.4. The van der Waals surface area contributed by atoms with Crippen molar-refractivity contribution in [2.75, 3.05) is 0 Å². The van der Waals surface area contributed by atoms with Gasteiger partial charge in [-0.05, 0) is 63.5 Å². The molecule has 0 aliphatic carbocycles. The van der Waals surface area contributed by atoms with Gasteiger partial charge in [0.1, 0.15) is 0 Å². The molecule has 0 saturated carbocycles. The Morgan fingerprint density at radius 1 is 0.681 bits per heavy atom. The number of aliphatic hydroxyl groups excluding tert-OH is 2. The monoisotopic (exact) mass is 835 g/mol. The summed E-state index contributed by atoms with van der Waals surface area (Å²) >= 11 is 3.46. The zero-order valence-corrected chi connectivity index (χ0v) is 30.4. The predicted molar refractivity (Wildman–Crippen MR) is 196 cm³/mol. The van der Waals surface area contributed by atoms with Crippen LogP contribution in [0, 0.1) is 12.1 Å². The summed E-state index contributed by atoms with van der Waals surface area (Å²) in [5.41, 5.74) is 3.10. The fourth-order valence-corrected chi connectivity index (χ4v) is 6.39. The van der Waals surface area contributed by atoms with Gasteiger partial charge in [-0.15, -0.1) is 53.7 Å². The third-order valence-corrected chi connectivity index (χ3v) is 8.60. The van der Waals surface area contributed by atoms with E-state index in [1.54, 1.807) is 35.7 Å². The fraction of sp³-hybridized carbons (Fsp3) is 0.150. The molecule has 4 heterocycles. The molecule has 0 aliphatic rings. The quantitative estimate of drug-likeness (QED) is 0.129. The van der Waals surface area contributed by atoms with Crippen molar-refractivity contribution >= 4 is 42.8 Å². The summed E-state index contributed by atoms with van der Waals surface area (Å²) in [5.74, 6) is 0. The van der Waals surface area contributed by atoms with Gasteiger partial charge in [0, 0.05) is 43.9 Å². The zero-order chi connectivity index (χ0) is 32.6. The molecular weight excluding hydrogens is 797 g/mol. The molecule has 0 saturated heterocycles. The average molecular weight is 835 g/mol. The second-order valence-electron chi connectivity index (χ2n) is 10.4. The average Bonchev–Trinajstić information content (AvgIpc) is 3.72. The Kier molecular flexibility index (Phi) is 16.4. The second-order valence-corrected chi connectivity index (χ2v) is 12.5. The molecule has 7 rings (SSSR count). The number of allylic oxidation sites excluding steroid dienone is 1. The van der Waals surface area contributed by atoms with Crippen molar-refractivity contribution < 1.29 is 30.3 Å². The molecule has 2 atom stereocenters. The summed E-state index contributed by atoms with van der Waals surface area (Å²) in [6.07, 6.45) is 5.56. The fourth-order valence-electron chi connectivity index (χ4n) is 4.42. The first-order chi connectivity index (χ1) is 22.5. The molecule has 7 aromatic rings. The summed E-state index contributed by atoms with van der Waals surface area (Å²) in [7, 11) is 0. The molecule has 0 aliphatic heterocycles. The van der Waals surface area contributed by atoms with Gasteiger partial charge in [-0.1, -0.05) is 84.9 Å². The molecule has 0 bridgehead atoms. The number of benzene rings is 3. The van der Waals surface area contributed by atoms with Gasteiger partial charge in [0.05, 0.1) is 12.2 Å². The van der Waals surface area contributed by atoms with Crippen molar-refractivity contribution in [2.24, 2.45) is 0 Å². The number of rotatable bonds is 6. The van der Waals surface area contributed by atoms with Crippen LogP contribution in [0.25, 0.3) is 41.3 Å². The number of pyridine rings is 2. The summed E-state index contributed by atoms with van der Waals surface area (Å²) in [5, 5.41) is 20.9. The standard InChI is InChI=1S/2C13H8NS.C11H16O2.C3H6.Ir/c2*1-2-7-12-10(5-1)9-13(15-12)11-6-3-4-8-14-11;1-9(12)7-11(13)8-10-5-3-2-4-6-10;1-3-2;/h2*1-8H;2-6,9,11-13H,7-8H2,1H3;3H,1H2,2H3;/q2*-1;;;. The van der Waals surface area contributed by atoms with Crippen LogP contribution in [0.2, 0.25) is 0 Å². The number of aliphatic hydroxyl groups is 2. The zero-order valence-electron chi connectivity index (χ0n) is 26.4. The molecule has 0 fully saturated rings. The number of hydrogen-bond acceptors (Lipinski definition) is 6. The first-order valence-electron chi connectivity index (χ1n) is 15.1. The predicted octanol–water partition coefficient (Wildman–Crippen LogP) is 10.1. The Labute approximate surface area is 299 Å². The van der Waals surface area contributed by atoms with E-state index in [4.69, 9.17) is 5.11 Å². The van der Waals surface area contributed by atoms with Crippen LogP contribution >= 0.6 is 22.7 Å². The van der Waals surface area contributed by atoms with Crippen LogP contribution < -0.4 is 0 Å². The molecule has 0 spiro atoms. The maximum Gasteiger partial charge on any atom is 0.0605 e. The second kappa shape index (κ2) is 20.4. The van der Waals surface area contributed by atoms with Crippen molar-refractivity contribution in [3.8, 4) is 21.1 Å². The smallest absolute Gasteiger partial charge is 0.0605 e. The molecule has 4 nitrogen and oxygen atoms in total. The van der Waals surface area contributed by atoms with Crippen LogP contribution in [0.5, 0.6) is 0 Å². The first kappa shape index (κ1) is 37.6. The molecule has 4 aromatic heterocycles. The molecule has 1 radical (unpaired) electrons. The first-order valence-corrected chi connectivity index (χ1v) is 16.7. The number of aromatic nitrogens is 2. The summed E-state index contributed by atoms with van der Waals surface area (Å²) in [6, 6.07) is 45.0. The van der Waals surface area contributed by atoms with Crippen LogP contribution in [-0.2, 0) is 26.5 Å². The van der Waals surface area contributed by atoms with Gasteiger partial charge in [-0.25, -0.2) is 22.7 Å². The van der Waals surface area contributed by atoms with Crippen LogP contribution in [0.1, 0.15) is 25.8 Å². The van der Waals surface area contributed by atoms with Crippen molar-refractivity contribution in [3.63, 3.8) is 0 Å². The minimum atomic E-state index is -0.442. The van der Waals surface area contributed by atoms with E-state index in [9.17, 15) is 5.11 Å². The van der Waals surface area contributed by atoms with Crippen molar-refractivity contribution in [2.45, 2.75) is 38.9 Å². The SMILES string of the molecule is C=CC.CC(O)CC(O)Cc1ccccc1.[Ir].[c-]1c(-c2ccccn2)sc2ccccc12.[c-]1c(-c2ccccn2)sc2ccccc12. The molecule has 2 N–H and O–H groups in total. The van der Waals surface area contributed by atoms with E-state index >= 15 is 0 Å². The summed E-state index contributed by atoms with van der Waals surface area (Å²) in [6.45, 7) is 6.94. The number of thiophene rings is 2. The topological polar surface area (TPSA) is 66.2 Å². The summed E-state index contributed by atoms with van der Waals surface area (Å²) in [4.78, 5) is 10.9. The summed E-state index contributed by atoms with van der Waals surface area (Å²) < 4.78 is 2.52. The molecule has 47 heavy (non-hydrogen) atoms. The normalized spacial score (nSPS) is 11.3. The van der Waals surface area contributed by atoms with Gasteiger partial charge in [-0.3, -0.25) is 0 Å². The molecular formula is C40H38IrN2O2S2-2. The third-order valence-electron chi connectivity index (χ3n) is 6.42. The van der Waals surface area contributed by atoms with Crippen LogP contribution in [-0.4, -0.2) is 32.4 Å². The van der Waals surface area contributed by atoms with Crippen LogP contribution in [0.4, 0.5) is 0 Å². The van der Waals surface area contributed by atoms with Crippen molar-refractivity contribution in [1.29, 1.82) is 0 Å². The Morgan fingerprint density at radius 3 is 1.51 bits per heavy atom. The Bertz CT molecular complexity index is 1700. The molecule has 7 heteroatoms. The van der Waals surface area contributed by atoms with Gasteiger partial charge in [0.2, 0.25) is 0 Å². The van der Waals surface area contributed by atoms with Crippen molar-refractivity contribution in [1.82, 2.24) is 9.97 Å². The van der Waals surface area contributed by atoms with Gasteiger partial charge in [0.15, 0.2) is 0 Å². The number of nitrogens with zero attached hydrogens (tertiary/aromatic N) is 2. The van der Waals surface area contributed by atoms with Crippen LogP contribution in [0.3, 0.4) is 0 Å². The number of fused-ring (bicyclic) bond motifs is 2. The largest absolute Gasteiger partial charge is 0.393 e. The maximum absolute atomic E-state index is 9.51. The van der Waals surface area contributed by atoms with Gasteiger partial charge < -0.3 is 20.2 Å². The Morgan fingerprint density at radius 2 is 1.11 bits per heavy atom. The Hall–Kier alpha value is -3.81. The molecule has 0 amide bonds. The Balaban J connectivity index is 0.000000183. The van der Waals surface area contributed by atoms with Crippen molar-refractivity contribution in [3.05, 3.63) is 158 Å². The minimum Gasteiger partial charge on any atom is -0.393 e. The molecule has 3 aromatic carbocycles. The molecule has 2 unspecified atom stereocenters. The van der Waals surface area contributed by atoms with Gasteiger partial charge in [0.25, 0.3) is 0 Å². The molecule has 243 valence electrons. The van der Waals surface area contributed by atoms with E-state index in [0.717, 1.165) is 26.7 Å². The van der Waals surface area contributed by atoms with E-state index in [1.807, 2.05) is 98.2 Å². The van der Waals surface area contributed by atoms with Crippen LogP contribution in [0.15, 0.2) is 140 Å². The van der Waals surface area contributed by atoms with E-state index in [0.29, 0.717) is 12.8 Å². The van der Waals surface area contributed by atoms with Gasteiger partial charge in [-0.2, -0.15) is 0 Å². The van der Waals surface area contributed by atoms with E-state index in [1.165, 1.54) is 20.2 Å². The van der Waals surface area contributed by atoms with E-state index < -0.39 is 12.2 Å². The van der Waals surface area contributed by atoms with E-state index in [2.05, 4.69) is 65.1 Å².